The van der Waals surface area contributed by atoms with Crippen molar-refractivity contribution in [1.82, 2.24) is 19.3 Å². The summed E-state index contributed by atoms with van der Waals surface area (Å²) in [6, 6.07) is 8.25. The highest BCUT2D eigenvalue weighted by Gasteiger charge is 2.18. The van der Waals surface area contributed by atoms with Crippen LogP contribution in [0.2, 0.25) is 0 Å². The lowest BCUT2D eigenvalue weighted by Crippen LogP contribution is -2.41. The SMILES string of the molecule is Cc1cccc(-c2nc3cnccn3c2NCCC(=O)N2CCOCC2)c1. The Balaban J connectivity index is 1.55. The maximum Gasteiger partial charge on any atom is 0.224 e. The van der Waals surface area contributed by atoms with E-state index in [0.29, 0.717) is 39.3 Å². The van der Waals surface area contributed by atoms with Gasteiger partial charge in [0.2, 0.25) is 5.91 Å². The fourth-order valence-electron chi connectivity index (χ4n) is 3.33. The Labute approximate surface area is 158 Å². The molecule has 0 saturated carbocycles. The number of ether oxygens (including phenoxy) is 1. The van der Waals surface area contributed by atoms with E-state index >= 15 is 0 Å². The number of amides is 1. The zero-order valence-corrected chi connectivity index (χ0v) is 15.4. The normalized spacial score (nSPS) is 14.5. The number of imidazole rings is 1. The molecular weight excluding hydrogens is 342 g/mol. The predicted molar refractivity (Wildman–Crippen MR) is 104 cm³/mol. The standard InChI is InChI=1S/C20H23N5O2/c1-15-3-2-4-16(13-15)19-20(25-8-7-21-14-17(25)23-19)22-6-5-18(26)24-9-11-27-12-10-24/h2-4,7-8,13-14,22H,5-6,9-12H2,1H3. The van der Waals surface area contributed by atoms with Crippen LogP contribution in [0.3, 0.4) is 0 Å². The molecule has 2 aromatic heterocycles. The van der Waals surface area contributed by atoms with Crippen LogP contribution in [0.4, 0.5) is 5.82 Å². The van der Waals surface area contributed by atoms with Crippen LogP contribution >= 0.6 is 0 Å². The number of anilines is 1. The summed E-state index contributed by atoms with van der Waals surface area (Å²) < 4.78 is 7.28. The number of aromatic nitrogens is 3. The van der Waals surface area contributed by atoms with E-state index in [4.69, 9.17) is 9.72 Å². The predicted octanol–water partition coefficient (Wildman–Crippen LogP) is 2.37. The summed E-state index contributed by atoms with van der Waals surface area (Å²) in [7, 11) is 0. The first kappa shape index (κ1) is 17.5. The number of hydrogen-bond donors (Lipinski definition) is 1. The smallest absolute Gasteiger partial charge is 0.224 e. The highest BCUT2D eigenvalue weighted by molar-refractivity contribution is 5.79. The summed E-state index contributed by atoms with van der Waals surface area (Å²) in [5, 5.41) is 3.42. The Morgan fingerprint density at radius 3 is 2.96 bits per heavy atom. The largest absolute Gasteiger partial charge is 0.378 e. The summed E-state index contributed by atoms with van der Waals surface area (Å²) in [5.74, 6) is 1.03. The fourth-order valence-corrected chi connectivity index (χ4v) is 3.33. The number of aryl methyl sites for hydroxylation is 1. The van der Waals surface area contributed by atoms with Gasteiger partial charge in [-0.1, -0.05) is 23.8 Å². The fraction of sp³-hybridized carbons (Fsp3) is 0.350. The quantitative estimate of drug-likeness (QED) is 0.752. The molecule has 7 heteroatoms. The number of nitrogens with zero attached hydrogens (tertiary/aromatic N) is 4. The Hall–Kier alpha value is -2.93. The van der Waals surface area contributed by atoms with E-state index in [9.17, 15) is 4.79 Å². The lowest BCUT2D eigenvalue weighted by molar-refractivity contribution is -0.134. The number of rotatable bonds is 5. The van der Waals surface area contributed by atoms with Crippen molar-refractivity contribution in [3.05, 3.63) is 48.4 Å². The van der Waals surface area contributed by atoms with Gasteiger partial charge in [0.15, 0.2) is 5.65 Å². The molecule has 1 N–H and O–H groups in total. The van der Waals surface area contributed by atoms with E-state index in [1.165, 1.54) is 5.56 Å². The third-order valence-electron chi connectivity index (χ3n) is 4.72. The van der Waals surface area contributed by atoms with Gasteiger partial charge in [0.05, 0.1) is 19.4 Å². The zero-order chi connectivity index (χ0) is 18.6. The molecule has 0 atom stereocenters. The number of carbonyl (C=O) groups excluding carboxylic acids is 1. The Kier molecular flexibility index (Phi) is 5.02. The van der Waals surface area contributed by atoms with Crippen LogP contribution in [0.5, 0.6) is 0 Å². The molecule has 0 aliphatic carbocycles. The Morgan fingerprint density at radius 1 is 1.30 bits per heavy atom. The van der Waals surface area contributed by atoms with E-state index in [1.807, 2.05) is 27.6 Å². The van der Waals surface area contributed by atoms with Gasteiger partial charge in [-0.25, -0.2) is 4.98 Å². The molecule has 140 valence electrons. The maximum absolute atomic E-state index is 12.4. The van der Waals surface area contributed by atoms with Gasteiger partial charge in [-0.15, -0.1) is 0 Å². The van der Waals surface area contributed by atoms with E-state index in [1.54, 1.807) is 12.4 Å². The summed E-state index contributed by atoms with van der Waals surface area (Å²) in [6.07, 6.45) is 5.79. The maximum atomic E-state index is 12.4. The van der Waals surface area contributed by atoms with Crippen LogP contribution in [0, 0.1) is 6.92 Å². The number of nitrogens with one attached hydrogen (secondary N) is 1. The molecule has 3 heterocycles. The van der Waals surface area contributed by atoms with Crippen molar-refractivity contribution in [2.24, 2.45) is 0 Å². The summed E-state index contributed by atoms with van der Waals surface area (Å²) in [4.78, 5) is 23.2. The average Bonchev–Trinajstić information content (AvgIpc) is 3.07. The second-order valence-corrected chi connectivity index (χ2v) is 6.65. The molecule has 0 bridgehead atoms. The summed E-state index contributed by atoms with van der Waals surface area (Å²) in [5.41, 5.74) is 3.86. The molecular formula is C20H23N5O2. The Morgan fingerprint density at radius 2 is 2.15 bits per heavy atom. The molecule has 4 rings (SSSR count). The third kappa shape index (κ3) is 3.78. The van der Waals surface area contributed by atoms with Crippen LogP contribution in [-0.4, -0.2) is 58.0 Å². The van der Waals surface area contributed by atoms with Gasteiger partial charge in [-0.2, -0.15) is 0 Å². The van der Waals surface area contributed by atoms with Crippen molar-refractivity contribution in [3.8, 4) is 11.3 Å². The first-order valence-electron chi connectivity index (χ1n) is 9.21. The molecule has 3 aromatic rings. The lowest BCUT2D eigenvalue weighted by atomic mass is 10.1. The van der Waals surface area contributed by atoms with Gasteiger partial charge in [0.25, 0.3) is 0 Å². The lowest BCUT2D eigenvalue weighted by Gasteiger charge is -2.26. The molecule has 0 spiro atoms. The van der Waals surface area contributed by atoms with E-state index in [0.717, 1.165) is 22.7 Å². The minimum absolute atomic E-state index is 0.151. The first-order chi connectivity index (χ1) is 13.2. The molecule has 1 aliphatic rings. The molecule has 27 heavy (non-hydrogen) atoms. The minimum Gasteiger partial charge on any atom is -0.378 e. The van der Waals surface area contributed by atoms with Gasteiger partial charge in [0.1, 0.15) is 11.5 Å². The summed E-state index contributed by atoms with van der Waals surface area (Å²) >= 11 is 0. The van der Waals surface area contributed by atoms with Crippen molar-refractivity contribution in [1.29, 1.82) is 0 Å². The molecule has 1 saturated heterocycles. The molecule has 7 nitrogen and oxygen atoms in total. The molecule has 1 amide bonds. The van der Waals surface area contributed by atoms with Crippen LogP contribution < -0.4 is 5.32 Å². The van der Waals surface area contributed by atoms with Gasteiger partial charge >= 0.3 is 0 Å². The number of fused-ring (bicyclic) bond motifs is 1. The van der Waals surface area contributed by atoms with Crippen molar-refractivity contribution in [3.63, 3.8) is 0 Å². The van der Waals surface area contributed by atoms with Gasteiger partial charge < -0.3 is 15.0 Å². The Bertz CT molecular complexity index is 946. The van der Waals surface area contributed by atoms with Gasteiger partial charge in [0, 0.05) is 44.0 Å². The number of hydrogen-bond acceptors (Lipinski definition) is 5. The number of morpholine rings is 1. The van der Waals surface area contributed by atoms with Crippen LogP contribution in [0.1, 0.15) is 12.0 Å². The molecule has 0 unspecified atom stereocenters. The van der Waals surface area contributed by atoms with Crippen molar-refractivity contribution < 1.29 is 9.53 Å². The van der Waals surface area contributed by atoms with E-state index in [2.05, 4.69) is 29.4 Å². The van der Waals surface area contributed by atoms with Crippen LogP contribution in [-0.2, 0) is 9.53 Å². The van der Waals surface area contributed by atoms with Gasteiger partial charge in [-0.3, -0.25) is 14.2 Å². The molecule has 1 fully saturated rings. The topological polar surface area (TPSA) is 71.8 Å². The van der Waals surface area contributed by atoms with Gasteiger partial charge in [-0.05, 0) is 13.0 Å². The highest BCUT2D eigenvalue weighted by Crippen LogP contribution is 2.29. The number of carbonyl (C=O) groups is 1. The minimum atomic E-state index is 0.151. The zero-order valence-electron chi connectivity index (χ0n) is 15.4. The second-order valence-electron chi connectivity index (χ2n) is 6.65. The van der Waals surface area contributed by atoms with Crippen molar-refractivity contribution >= 4 is 17.4 Å². The van der Waals surface area contributed by atoms with E-state index in [-0.39, 0.29) is 5.91 Å². The highest BCUT2D eigenvalue weighted by atomic mass is 16.5. The second kappa shape index (κ2) is 7.75. The van der Waals surface area contributed by atoms with Crippen molar-refractivity contribution in [2.75, 3.05) is 38.2 Å². The third-order valence-corrected chi connectivity index (χ3v) is 4.72. The van der Waals surface area contributed by atoms with E-state index < -0.39 is 0 Å². The molecule has 1 aromatic carbocycles. The van der Waals surface area contributed by atoms with Crippen molar-refractivity contribution in [2.45, 2.75) is 13.3 Å². The summed E-state index contributed by atoms with van der Waals surface area (Å²) in [6.45, 7) is 5.21. The monoisotopic (exact) mass is 365 g/mol. The number of benzene rings is 1. The van der Waals surface area contributed by atoms with Crippen LogP contribution in [0.15, 0.2) is 42.9 Å². The first-order valence-corrected chi connectivity index (χ1v) is 9.21. The average molecular weight is 365 g/mol. The van der Waals surface area contributed by atoms with Crippen LogP contribution in [0.25, 0.3) is 16.9 Å². The molecule has 0 radical (unpaired) electrons. The molecule has 1 aliphatic heterocycles.